The molecule has 1 atom stereocenters. The summed E-state index contributed by atoms with van der Waals surface area (Å²) in [4.78, 5) is 15.4. The van der Waals surface area contributed by atoms with Crippen LogP contribution in [0.4, 0.5) is 13.2 Å². The summed E-state index contributed by atoms with van der Waals surface area (Å²) in [5.41, 5.74) is 4.68. The number of alkyl halides is 3. The monoisotopic (exact) mass is 348 g/mol. The summed E-state index contributed by atoms with van der Waals surface area (Å²) in [7, 11) is 0. The van der Waals surface area contributed by atoms with Gasteiger partial charge in [0.05, 0.1) is 16.3 Å². The fraction of sp³-hybridized carbons (Fsp3) is 0.143. The van der Waals surface area contributed by atoms with E-state index in [0.29, 0.717) is 22.8 Å². The van der Waals surface area contributed by atoms with Crippen LogP contribution in [-0.4, -0.2) is 10.9 Å². The standard InChI is InChI=1S/C14H9Cl2F3N2O/c15-9-3-1-2-7(4-9)11(13(20)22)12-10(16)5-8(6-21-12)14(17,18)19/h1-6,11H,(H2,20,22)/t11-/m0/s1. The molecule has 0 saturated carbocycles. The van der Waals surface area contributed by atoms with Crippen molar-refractivity contribution in [3.8, 4) is 0 Å². The number of hydrogen-bond donors (Lipinski definition) is 1. The van der Waals surface area contributed by atoms with Crippen molar-refractivity contribution in [2.75, 3.05) is 0 Å². The minimum Gasteiger partial charge on any atom is -0.369 e. The number of nitrogens with zero attached hydrogens (tertiary/aromatic N) is 1. The second-order valence-corrected chi connectivity index (χ2v) is 5.32. The van der Waals surface area contributed by atoms with Gasteiger partial charge in [-0.15, -0.1) is 0 Å². The van der Waals surface area contributed by atoms with Crippen molar-refractivity contribution < 1.29 is 18.0 Å². The Bertz CT molecular complexity index is 719. The van der Waals surface area contributed by atoms with Crippen LogP contribution in [0.3, 0.4) is 0 Å². The Morgan fingerprint density at radius 1 is 1.23 bits per heavy atom. The number of benzene rings is 1. The molecule has 0 radical (unpaired) electrons. The Labute approximate surface area is 133 Å². The third-order valence-corrected chi connectivity index (χ3v) is 3.47. The fourth-order valence-electron chi connectivity index (χ4n) is 1.96. The van der Waals surface area contributed by atoms with Crippen LogP contribution < -0.4 is 5.73 Å². The van der Waals surface area contributed by atoms with Gasteiger partial charge in [0.25, 0.3) is 0 Å². The summed E-state index contributed by atoms with van der Waals surface area (Å²) in [5, 5.41) is 0.0605. The molecule has 0 fully saturated rings. The second-order valence-electron chi connectivity index (χ2n) is 4.48. The van der Waals surface area contributed by atoms with Gasteiger partial charge in [-0.05, 0) is 23.8 Å². The molecule has 116 valence electrons. The van der Waals surface area contributed by atoms with Gasteiger partial charge in [0, 0.05) is 11.2 Å². The fourth-order valence-corrected chi connectivity index (χ4v) is 2.43. The van der Waals surface area contributed by atoms with E-state index in [1.54, 1.807) is 18.2 Å². The third-order valence-electron chi connectivity index (χ3n) is 2.94. The minimum atomic E-state index is -4.58. The highest BCUT2D eigenvalue weighted by atomic mass is 35.5. The zero-order valence-electron chi connectivity index (χ0n) is 10.9. The van der Waals surface area contributed by atoms with Crippen LogP contribution in [0.15, 0.2) is 36.5 Å². The summed E-state index contributed by atoms with van der Waals surface area (Å²) in [6, 6.07) is 6.94. The number of primary amides is 1. The molecule has 8 heteroatoms. The van der Waals surface area contributed by atoms with Crippen molar-refractivity contribution in [3.05, 3.63) is 63.4 Å². The van der Waals surface area contributed by atoms with Gasteiger partial charge < -0.3 is 5.73 Å². The number of rotatable bonds is 3. The van der Waals surface area contributed by atoms with E-state index in [9.17, 15) is 18.0 Å². The molecule has 0 aliphatic rings. The molecule has 1 aromatic heterocycles. The largest absolute Gasteiger partial charge is 0.417 e. The number of halogens is 5. The highest BCUT2D eigenvalue weighted by Gasteiger charge is 2.33. The summed E-state index contributed by atoms with van der Waals surface area (Å²) in [6.45, 7) is 0. The van der Waals surface area contributed by atoms with Crippen LogP contribution in [0, 0.1) is 0 Å². The predicted octanol–water partition coefficient (Wildman–Crippen LogP) is 4.02. The molecule has 1 amide bonds. The average Bonchev–Trinajstić information content (AvgIpc) is 2.39. The van der Waals surface area contributed by atoms with E-state index in [0.717, 1.165) is 0 Å². The number of carbonyl (C=O) groups is 1. The Hall–Kier alpha value is -1.79. The topological polar surface area (TPSA) is 56.0 Å². The summed E-state index contributed by atoms with van der Waals surface area (Å²) < 4.78 is 37.9. The zero-order chi connectivity index (χ0) is 16.5. The van der Waals surface area contributed by atoms with Gasteiger partial charge in [-0.3, -0.25) is 9.78 Å². The van der Waals surface area contributed by atoms with Crippen LogP contribution in [0.2, 0.25) is 10.0 Å². The van der Waals surface area contributed by atoms with Gasteiger partial charge >= 0.3 is 6.18 Å². The Kier molecular flexibility index (Phi) is 4.63. The molecule has 0 spiro atoms. The molecule has 0 aliphatic heterocycles. The summed E-state index contributed by atoms with van der Waals surface area (Å²) in [6.07, 6.45) is -3.96. The van der Waals surface area contributed by atoms with Crippen molar-refractivity contribution in [2.45, 2.75) is 12.1 Å². The highest BCUT2D eigenvalue weighted by Crippen LogP contribution is 2.35. The average molecular weight is 349 g/mol. The number of hydrogen-bond acceptors (Lipinski definition) is 2. The van der Waals surface area contributed by atoms with Gasteiger partial charge in [0.1, 0.15) is 5.92 Å². The van der Waals surface area contributed by atoms with Crippen molar-refractivity contribution in [3.63, 3.8) is 0 Å². The first-order valence-corrected chi connectivity index (χ1v) is 6.73. The van der Waals surface area contributed by atoms with Crippen LogP contribution in [0.5, 0.6) is 0 Å². The Balaban J connectivity index is 2.53. The quantitative estimate of drug-likeness (QED) is 0.910. The van der Waals surface area contributed by atoms with Crippen molar-refractivity contribution in [1.82, 2.24) is 4.98 Å². The molecule has 0 bridgehead atoms. The van der Waals surface area contributed by atoms with E-state index >= 15 is 0 Å². The van der Waals surface area contributed by atoms with E-state index < -0.39 is 23.6 Å². The van der Waals surface area contributed by atoms with E-state index in [-0.39, 0.29) is 10.7 Å². The van der Waals surface area contributed by atoms with Crippen molar-refractivity contribution in [1.29, 1.82) is 0 Å². The molecular formula is C14H9Cl2F3N2O. The van der Waals surface area contributed by atoms with E-state index in [2.05, 4.69) is 4.98 Å². The van der Waals surface area contributed by atoms with Crippen LogP contribution in [-0.2, 0) is 11.0 Å². The third kappa shape index (κ3) is 3.51. The Morgan fingerprint density at radius 2 is 1.91 bits per heavy atom. The lowest BCUT2D eigenvalue weighted by Crippen LogP contribution is -2.24. The van der Waals surface area contributed by atoms with Crippen LogP contribution >= 0.6 is 23.2 Å². The van der Waals surface area contributed by atoms with Crippen LogP contribution in [0.1, 0.15) is 22.7 Å². The number of amides is 1. The molecule has 0 unspecified atom stereocenters. The molecule has 1 aromatic carbocycles. The number of pyridine rings is 1. The molecule has 1 heterocycles. The first kappa shape index (κ1) is 16.6. The second kappa shape index (κ2) is 6.14. The first-order chi connectivity index (χ1) is 10.2. The number of aromatic nitrogens is 1. The molecule has 0 aliphatic carbocycles. The molecule has 2 rings (SSSR count). The van der Waals surface area contributed by atoms with Gasteiger partial charge in [-0.2, -0.15) is 13.2 Å². The van der Waals surface area contributed by atoms with Gasteiger partial charge in [-0.25, -0.2) is 0 Å². The van der Waals surface area contributed by atoms with Crippen molar-refractivity contribution >= 4 is 29.1 Å². The predicted molar refractivity (Wildman–Crippen MR) is 76.7 cm³/mol. The van der Waals surface area contributed by atoms with Gasteiger partial charge in [0.2, 0.25) is 5.91 Å². The molecular weight excluding hydrogens is 340 g/mol. The Morgan fingerprint density at radius 3 is 2.41 bits per heavy atom. The molecule has 0 saturated heterocycles. The molecule has 22 heavy (non-hydrogen) atoms. The van der Waals surface area contributed by atoms with E-state index in [1.165, 1.54) is 6.07 Å². The maximum Gasteiger partial charge on any atom is 0.417 e. The lowest BCUT2D eigenvalue weighted by Gasteiger charge is -2.16. The lowest BCUT2D eigenvalue weighted by atomic mass is 9.94. The van der Waals surface area contributed by atoms with Gasteiger partial charge in [-0.1, -0.05) is 35.3 Å². The molecule has 3 nitrogen and oxygen atoms in total. The summed E-state index contributed by atoms with van der Waals surface area (Å²) >= 11 is 11.7. The number of nitrogens with two attached hydrogens (primary N) is 1. The maximum atomic E-state index is 12.6. The summed E-state index contributed by atoms with van der Waals surface area (Å²) in [5.74, 6) is -1.88. The maximum absolute atomic E-state index is 12.6. The van der Waals surface area contributed by atoms with E-state index in [1.807, 2.05) is 0 Å². The SMILES string of the molecule is NC(=O)[C@@H](c1cccc(Cl)c1)c1ncc(C(F)(F)F)cc1Cl. The normalized spacial score (nSPS) is 13.0. The molecule has 2 aromatic rings. The minimum absolute atomic E-state index is 0.0515. The zero-order valence-corrected chi connectivity index (χ0v) is 12.4. The molecule has 2 N–H and O–H groups in total. The van der Waals surface area contributed by atoms with E-state index in [4.69, 9.17) is 28.9 Å². The smallest absolute Gasteiger partial charge is 0.369 e. The van der Waals surface area contributed by atoms with Crippen molar-refractivity contribution in [2.24, 2.45) is 5.73 Å². The lowest BCUT2D eigenvalue weighted by molar-refractivity contribution is -0.137. The highest BCUT2D eigenvalue weighted by molar-refractivity contribution is 6.31. The first-order valence-electron chi connectivity index (χ1n) is 5.97. The number of carbonyl (C=O) groups excluding carboxylic acids is 1. The van der Waals surface area contributed by atoms with Crippen LogP contribution in [0.25, 0.3) is 0 Å². The van der Waals surface area contributed by atoms with Gasteiger partial charge in [0.15, 0.2) is 0 Å².